The van der Waals surface area contributed by atoms with Gasteiger partial charge in [-0.15, -0.1) is 0 Å². The molecule has 1 atom stereocenters. The van der Waals surface area contributed by atoms with Gasteiger partial charge in [0, 0.05) is 40.7 Å². The van der Waals surface area contributed by atoms with Gasteiger partial charge in [-0.25, -0.2) is 0 Å². The topological polar surface area (TPSA) is 68.9 Å². The van der Waals surface area contributed by atoms with Crippen LogP contribution in [-0.4, -0.2) is 24.6 Å². The lowest BCUT2D eigenvalue weighted by atomic mass is 9.94. The molecule has 0 spiro atoms. The highest BCUT2D eigenvalue weighted by Crippen LogP contribution is 2.35. The maximum Gasteiger partial charge on any atom is 0.191 e. The lowest BCUT2D eigenvalue weighted by Crippen LogP contribution is -2.30. The van der Waals surface area contributed by atoms with Crippen LogP contribution in [0.3, 0.4) is 0 Å². The average Bonchev–Trinajstić information content (AvgIpc) is 2.73. The van der Waals surface area contributed by atoms with Gasteiger partial charge in [-0.05, 0) is 61.2 Å². The van der Waals surface area contributed by atoms with E-state index in [1.165, 1.54) is 16.8 Å². The quantitative estimate of drug-likeness (QED) is 0.387. The molecule has 0 amide bonds. The summed E-state index contributed by atoms with van der Waals surface area (Å²) in [7, 11) is 0. The number of nitrogens with one attached hydrogen (secondary N) is 4. The molecule has 0 saturated carbocycles. The summed E-state index contributed by atoms with van der Waals surface area (Å²) in [5.41, 5.74) is 4.93. The van der Waals surface area contributed by atoms with Crippen molar-refractivity contribution in [2.24, 2.45) is 0 Å². The molecule has 0 aliphatic carbocycles. The van der Waals surface area contributed by atoms with Crippen LogP contribution in [-0.2, 0) is 6.42 Å². The number of pyridine rings is 1. The number of hydrogen-bond donors (Lipinski definition) is 4. The summed E-state index contributed by atoms with van der Waals surface area (Å²) in [6.45, 7) is 4.92. The summed E-state index contributed by atoms with van der Waals surface area (Å²) < 4.78 is 1.14. The molecule has 2 aromatic carbocycles. The zero-order valence-electron chi connectivity index (χ0n) is 16.6. The van der Waals surface area contributed by atoms with Crippen LogP contribution in [0, 0.1) is 0 Å². The van der Waals surface area contributed by atoms with E-state index in [4.69, 9.17) is 0 Å². The van der Waals surface area contributed by atoms with Crippen molar-refractivity contribution in [3.05, 3.63) is 68.3 Å². The summed E-state index contributed by atoms with van der Waals surface area (Å²) in [5.74, 6) is 0.775. The first-order valence-corrected chi connectivity index (χ1v) is 11.1. The average molecular weight is 455 g/mol. The van der Waals surface area contributed by atoms with Crippen molar-refractivity contribution in [2.45, 2.75) is 32.2 Å². The lowest BCUT2D eigenvalue weighted by molar-refractivity contribution is 0.497. The zero-order chi connectivity index (χ0) is 20.2. The van der Waals surface area contributed by atoms with Crippen LogP contribution >= 0.6 is 15.9 Å². The molecule has 29 heavy (non-hydrogen) atoms. The second-order valence-electron chi connectivity index (χ2n) is 7.48. The molecule has 1 aromatic heterocycles. The van der Waals surface area contributed by atoms with Crippen LogP contribution in [0.15, 0.2) is 51.7 Å². The van der Waals surface area contributed by atoms with Gasteiger partial charge in [-0.1, -0.05) is 35.0 Å². The normalized spacial score (nSPS) is 15.7. The van der Waals surface area contributed by atoms with E-state index >= 15 is 0 Å². The Balaban J connectivity index is 1.33. The van der Waals surface area contributed by atoms with Crippen LogP contribution < -0.4 is 21.4 Å². The van der Waals surface area contributed by atoms with E-state index in [1.807, 2.05) is 24.3 Å². The van der Waals surface area contributed by atoms with Gasteiger partial charge in [0.25, 0.3) is 0 Å². The minimum absolute atomic E-state index is 0.0450. The third kappa shape index (κ3) is 4.49. The van der Waals surface area contributed by atoms with Gasteiger partial charge in [-0.2, -0.15) is 0 Å². The van der Waals surface area contributed by atoms with Gasteiger partial charge < -0.3 is 20.9 Å². The molecule has 3 aromatic rings. The number of H-pyrrole nitrogens is 1. The Labute approximate surface area is 179 Å². The lowest BCUT2D eigenvalue weighted by Gasteiger charge is -2.30. The summed E-state index contributed by atoms with van der Waals surface area (Å²) in [6.07, 6.45) is 3.08. The van der Waals surface area contributed by atoms with Crippen molar-refractivity contribution < 1.29 is 0 Å². The van der Waals surface area contributed by atoms with E-state index in [1.54, 1.807) is 6.07 Å². The minimum Gasteiger partial charge on any atom is -0.384 e. The number of para-hydroxylation sites is 1. The minimum atomic E-state index is 0.0450. The molecule has 152 valence electrons. The van der Waals surface area contributed by atoms with Crippen LogP contribution in [0.4, 0.5) is 11.5 Å². The third-order valence-corrected chi connectivity index (χ3v) is 5.96. The van der Waals surface area contributed by atoms with Gasteiger partial charge in [0.2, 0.25) is 0 Å². The number of aryl methyl sites for hydroxylation is 1. The Hall–Kier alpha value is -2.31. The summed E-state index contributed by atoms with van der Waals surface area (Å²) in [4.78, 5) is 15.5. The van der Waals surface area contributed by atoms with Gasteiger partial charge in [-0.3, -0.25) is 4.79 Å². The molecule has 5 nitrogen and oxygen atoms in total. The molecule has 4 rings (SSSR count). The van der Waals surface area contributed by atoms with E-state index in [9.17, 15) is 4.79 Å². The van der Waals surface area contributed by atoms with Gasteiger partial charge in [0.15, 0.2) is 5.43 Å². The molecule has 6 heteroatoms. The van der Waals surface area contributed by atoms with Crippen molar-refractivity contribution in [3.8, 4) is 0 Å². The molecule has 1 aliphatic rings. The maximum atomic E-state index is 12.2. The predicted octanol–water partition coefficient (Wildman–Crippen LogP) is 4.80. The number of anilines is 2. The number of aromatic amines is 1. The molecule has 0 fully saturated rings. The number of halogens is 1. The Morgan fingerprint density at radius 2 is 2.03 bits per heavy atom. The number of hydrogen-bond acceptors (Lipinski definition) is 4. The van der Waals surface area contributed by atoms with E-state index in [0.717, 1.165) is 60.1 Å². The Kier molecular flexibility index (Phi) is 6.21. The second-order valence-corrected chi connectivity index (χ2v) is 8.39. The smallest absolute Gasteiger partial charge is 0.191 e. The second kappa shape index (κ2) is 9.01. The maximum absolute atomic E-state index is 12.2. The fraction of sp³-hybridized carbons (Fsp3) is 0.348. The van der Waals surface area contributed by atoms with Gasteiger partial charge in [0.05, 0.1) is 5.52 Å². The van der Waals surface area contributed by atoms with Gasteiger partial charge >= 0.3 is 0 Å². The molecule has 1 unspecified atom stereocenters. The Bertz CT molecular complexity index is 1060. The van der Waals surface area contributed by atoms with Crippen molar-refractivity contribution in [1.82, 2.24) is 10.3 Å². The van der Waals surface area contributed by atoms with Crippen molar-refractivity contribution >= 4 is 38.3 Å². The molecule has 0 radical (unpaired) electrons. The fourth-order valence-corrected chi connectivity index (χ4v) is 4.57. The number of aromatic nitrogens is 1. The predicted molar refractivity (Wildman–Crippen MR) is 125 cm³/mol. The Morgan fingerprint density at radius 3 is 2.90 bits per heavy atom. The fourth-order valence-electron chi connectivity index (χ4n) is 4.04. The van der Waals surface area contributed by atoms with Crippen LogP contribution in [0.5, 0.6) is 0 Å². The third-order valence-electron chi connectivity index (χ3n) is 5.50. The van der Waals surface area contributed by atoms with E-state index < -0.39 is 0 Å². The Morgan fingerprint density at radius 1 is 1.17 bits per heavy atom. The van der Waals surface area contributed by atoms with E-state index in [2.05, 4.69) is 55.9 Å². The van der Waals surface area contributed by atoms with E-state index in [0.29, 0.717) is 6.04 Å². The highest BCUT2D eigenvalue weighted by molar-refractivity contribution is 9.10. The monoisotopic (exact) mass is 454 g/mol. The van der Waals surface area contributed by atoms with E-state index in [-0.39, 0.29) is 5.43 Å². The molecule has 0 saturated heterocycles. The number of benzene rings is 2. The van der Waals surface area contributed by atoms with Crippen molar-refractivity contribution in [3.63, 3.8) is 0 Å². The first-order chi connectivity index (χ1) is 14.2. The standard InChI is InChI=1S/C23H27BrN4O/c1-2-15-12-16(24)13-18-19(8-11-27-23(15)18)25-9-5-10-26-22-14-21(29)17-6-3-4-7-20(17)28-22/h3-4,6-7,12-14,19,25,27H,2,5,8-11H2,1H3,(H2,26,28,29). The summed E-state index contributed by atoms with van der Waals surface area (Å²) in [6, 6.07) is 14.1. The highest BCUT2D eigenvalue weighted by Gasteiger charge is 2.21. The van der Waals surface area contributed by atoms with Crippen LogP contribution in [0.25, 0.3) is 10.9 Å². The number of fused-ring (bicyclic) bond motifs is 2. The largest absolute Gasteiger partial charge is 0.384 e. The van der Waals surface area contributed by atoms with Crippen LogP contribution in [0.1, 0.15) is 36.9 Å². The van der Waals surface area contributed by atoms with Crippen molar-refractivity contribution in [2.75, 3.05) is 30.3 Å². The highest BCUT2D eigenvalue weighted by atomic mass is 79.9. The molecular formula is C23H27BrN4O. The SMILES string of the molecule is CCc1cc(Br)cc2c1NCCC2NCCCNc1cc(=O)c2ccccc2[nH]1. The summed E-state index contributed by atoms with van der Waals surface area (Å²) in [5, 5.41) is 11.4. The molecular weight excluding hydrogens is 428 g/mol. The van der Waals surface area contributed by atoms with Gasteiger partial charge in [0.1, 0.15) is 5.82 Å². The molecule has 2 heterocycles. The summed E-state index contributed by atoms with van der Waals surface area (Å²) >= 11 is 3.66. The number of rotatable bonds is 7. The first-order valence-electron chi connectivity index (χ1n) is 10.3. The molecule has 4 N–H and O–H groups in total. The molecule has 1 aliphatic heterocycles. The first kappa shape index (κ1) is 20.0. The molecule has 0 bridgehead atoms. The van der Waals surface area contributed by atoms with Crippen LogP contribution in [0.2, 0.25) is 0 Å². The zero-order valence-corrected chi connectivity index (χ0v) is 18.2. The van der Waals surface area contributed by atoms with Crippen molar-refractivity contribution in [1.29, 1.82) is 0 Å².